The van der Waals surface area contributed by atoms with Gasteiger partial charge < -0.3 is 5.32 Å². The van der Waals surface area contributed by atoms with Crippen LogP contribution in [-0.2, 0) is 17.6 Å². The molecule has 0 bridgehead atoms. The molecule has 2 N–H and O–H groups in total. The highest BCUT2D eigenvalue weighted by Crippen LogP contribution is 2.28. The summed E-state index contributed by atoms with van der Waals surface area (Å²) in [4.78, 5) is 11.9. The van der Waals surface area contributed by atoms with E-state index in [4.69, 9.17) is 0 Å². The molecule has 1 unspecified atom stereocenters. The molecule has 0 aromatic carbocycles. The van der Waals surface area contributed by atoms with Gasteiger partial charge in [-0.1, -0.05) is 0 Å². The molecule has 1 atom stereocenters. The third kappa shape index (κ3) is 1.96. The number of H-pyrrole nitrogens is 1. The van der Waals surface area contributed by atoms with Crippen molar-refractivity contribution in [2.24, 2.45) is 11.8 Å². The number of aromatic nitrogens is 2. The van der Waals surface area contributed by atoms with Crippen molar-refractivity contribution in [2.45, 2.75) is 32.1 Å². The molecule has 16 heavy (non-hydrogen) atoms. The first-order valence-electron chi connectivity index (χ1n) is 6.12. The second-order valence-electron chi connectivity index (χ2n) is 5.00. The maximum Gasteiger partial charge on any atom is 0.223 e. The summed E-state index contributed by atoms with van der Waals surface area (Å²) in [5.74, 6) is 1.13. The van der Waals surface area contributed by atoms with Crippen LogP contribution in [0, 0.1) is 11.8 Å². The minimum Gasteiger partial charge on any atom is -0.356 e. The van der Waals surface area contributed by atoms with Crippen LogP contribution in [0.5, 0.6) is 0 Å². The van der Waals surface area contributed by atoms with E-state index in [9.17, 15) is 4.79 Å². The Morgan fingerprint density at radius 2 is 2.38 bits per heavy atom. The van der Waals surface area contributed by atoms with Crippen molar-refractivity contribution < 1.29 is 4.79 Å². The number of aromatic amines is 1. The van der Waals surface area contributed by atoms with Gasteiger partial charge in [-0.3, -0.25) is 9.89 Å². The normalized spacial score (nSPS) is 23.9. The Hall–Kier alpha value is -1.32. The Morgan fingerprint density at radius 3 is 3.19 bits per heavy atom. The van der Waals surface area contributed by atoms with Crippen molar-refractivity contribution >= 4 is 5.91 Å². The van der Waals surface area contributed by atoms with Gasteiger partial charge in [-0.2, -0.15) is 5.10 Å². The first-order chi connectivity index (χ1) is 7.83. The summed E-state index contributed by atoms with van der Waals surface area (Å²) in [6, 6.07) is 0. The van der Waals surface area contributed by atoms with Crippen molar-refractivity contribution in [2.75, 3.05) is 6.54 Å². The van der Waals surface area contributed by atoms with Crippen LogP contribution >= 0.6 is 0 Å². The van der Waals surface area contributed by atoms with E-state index >= 15 is 0 Å². The third-order valence-corrected chi connectivity index (χ3v) is 3.65. The Kier molecular flexibility index (Phi) is 2.42. The second kappa shape index (κ2) is 3.92. The number of fused-ring (bicyclic) bond motifs is 1. The van der Waals surface area contributed by atoms with Crippen LogP contribution < -0.4 is 5.32 Å². The lowest BCUT2D eigenvalue weighted by molar-refractivity contribution is -0.125. The summed E-state index contributed by atoms with van der Waals surface area (Å²) < 4.78 is 0. The highest BCUT2D eigenvalue weighted by atomic mass is 16.1. The molecule has 3 rings (SSSR count). The molecule has 0 saturated heterocycles. The molecule has 1 saturated carbocycles. The summed E-state index contributed by atoms with van der Waals surface area (Å²) in [7, 11) is 0. The van der Waals surface area contributed by atoms with E-state index in [1.807, 2.05) is 6.20 Å². The van der Waals surface area contributed by atoms with Crippen LogP contribution in [0.3, 0.4) is 0 Å². The average molecular weight is 219 g/mol. The lowest BCUT2D eigenvalue weighted by atomic mass is 9.87. The number of hydrogen-bond acceptors (Lipinski definition) is 2. The molecule has 1 amide bonds. The molecule has 86 valence electrons. The van der Waals surface area contributed by atoms with E-state index in [2.05, 4.69) is 15.5 Å². The van der Waals surface area contributed by atoms with E-state index < -0.39 is 0 Å². The molecule has 0 spiro atoms. The lowest BCUT2D eigenvalue weighted by Gasteiger charge is -2.20. The fourth-order valence-electron chi connectivity index (χ4n) is 2.34. The number of carbonyl (C=O) groups excluding carboxylic acids is 1. The SMILES string of the molecule is O=C(NCC1CC1)C1CCc2cn[nH]c2C1. The van der Waals surface area contributed by atoms with E-state index in [1.165, 1.54) is 18.4 Å². The van der Waals surface area contributed by atoms with Gasteiger partial charge in [0.15, 0.2) is 0 Å². The Morgan fingerprint density at radius 1 is 1.50 bits per heavy atom. The topological polar surface area (TPSA) is 57.8 Å². The molecule has 0 radical (unpaired) electrons. The zero-order chi connectivity index (χ0) is 11.0. The van der Waals surface area contributed by atoms with Crippen molar-refractivity contribution in [1.29, 1.82) is 0 Å². The summed E-state index contributed by atoms with van der Waals surface area (Å²) in [6.07, 6.45) is 7.22. The summed E-state index contributed by atoms with van der Waals surface area (Å²) in [6.45, 7) is 0.880. The van der Waals surface area contributed by atoms with Crippen molar-refractivity contribution in [1.82, 2.24) is 15.5 Å². The molecule has 2 aliphatic rings. The smallest absolute Gasteiger partial charge is 0.223 e. The lowest BCUT2D eigenvalue weighted by Crippen LogP contribution is -2.35. The molecule has 4 nitrogen and oxygen atoms in total. The first-order valence-corrected chi connectivity index (χ1v) is 6.12. The molecule has 0 aliphatic heterocycles. The minimum atomic E-state index is 0.145. The largest absolute Gasteiger partial charge is 0.356 e. The Labute approximate surface area is 94.8 Å². The maximum absolute atomic E-state index is 11.9. The fraction of sp³-hybridized carbons (Fsp3) is 0.667. The number of nitrogens with zero attached hydrogens (tertiary/aromatic N) is 1. The van der Waals surface area contributed by atoms with Gasteiger partial charge in [0.25, 0.3) is 0 Å². The monoisotopic (exact) mass is 219 g/mol. The van der Waals surface area contributed by atoms with E-state index in [-0.39, 0.29) is 11.8 Å². The molecule has 1 fully saturated rings. The van der Waals surface area contributed by atoms with Gasteiger partial charge in [0.05, 0.1) is 6.20 Å². The summed E-state index contributed by atoms with van der Waals surface area (Å²) >= 11 is 0. The number of carbonyl (C=O) groups is 1. The highest BCUT2D eigenvalue weighted by Gasteiger charge is 2.27. The fourth-order valence-corrected chi connectivity index (χ4v) is 2.34. The van der Waals surface area contributed by atoms with Gasteiger partial charge in [-0.05, 0) is 37.2 Å². The van der Waals surface area contributed by atoms with E-state index in [0.29, 0.717) is 0 Å². The van der Waals surface area contributed by atoms with Gasteiger partial charge in [-0.15, -0.1) is 0 Å². The van der Waals surface area contributed by atoms with Crippen LogP contribution in [-0.4, -0.2) is 22.6 Å². The van der Waals surface area contributed by atoms with Crippen molar-refractivity contribution in [3.8, 4) is 0 Å². The van der Waals surface area contributed by atoms with Gasteiger partial charge >= 0.3 is 0 Å². The van der Waals surface area contributed by atoms with Gasteiger partial charge in [0.2, 0.25) is 5.91 Å². The molecular formula is C12H17N3O. The number of amides is 1. The van der Waals surface area contributed by atoms with Crippen LogP contribution in [0.4, 0.5) is 0 Å². The van der Waals surface area contributed by atoms with Crippen LogP contribution in [0.2, 0.25) is 0 Å². The standard InChI is InChI=1S/C12H17N3O/c16-12(13-6-8-1-2-8)9-3-4-10-7-14-15-11(10)5-9/h7-9H,1-6H2,(H,13,16)(H,14,15). The van der Waals surface area contributed by atoms with Crippen LogP contribution in [0.1, 0.15) is 30.5 Å². The minimum absolute atomic E-state index is 0.145. The van der Waals surface area contributed by atoms with E-state index in [0.717, 1.165) is 37.4 Å². The zero-order valence-corrected chi connectivity index (χ0v) is 9.33. The van der Waals surface area contributed by atoms with Crippen molar-refractivity contribution in [3.05, 3.63) is 17.5 Å². The highest BCUT2D eigenvalue weighted by molar-refractivity contribution is 5.79. The predicted octanol–water partition coefficient (Wildman–Crippen LogP) is 1.04. The van der Waals surface area contributed by atoms with Crippen molar-refractivity contribution in [3.63, 3.8) is 0 Å². The molecular weight excluding hydrogens is 202 g/mol. The van der Waals surface area contributed by atoms with E-state index in [1.54, 1.807) is 0 Å². The Bertz CT molecular complexity index is 395. The molecule has 1 aromatic rings. The molecule has 2 aliphatic carbocycles. The second-order valence-corrected chi connectivity index (χ2v) is 5.00. The molecule has 4 heteroatoms. The third-order valence-electron chi connectivity index (χ3n) is 3.65. The number of hydrogen-bond donors (Lipinski definition) is 2. The molecule has 1 heterocycles. The Balaban J connectivity index is 1.57. The number of nitrogens with one attached hydrogen (secondary N) is 2. The average Bonchev–Trinajstić information content (AvgIpc) is 3.01. The number of rotatable bonds is 3. The van der Waals surface area contributed by atoms with Gasteiger partial charge in [-0.25, -0.2) is 0 Å². The van der Waals surface area contributed by atoms with Crippen LogP contribution in [0.25, 0.3) is 0 Å². The predicted molar refractivity (Wildman–Crippen MR) is 59.8 cm³/mol. The summed E-state index contributed by atoms with van der Waals surface area (Å²) in [5.41, 5.74) is 2.43. The number of aryl methyl sites for hydroxylation is 1. The van der Waals surface area contributed by atoms with Gasteiger partial charge in [0, 0.05) is 24.6 Å². The van der Waals surface area contributed by atoms with Crippen LogP contribution in [0.15, 0.2) is 6.20 Å². The van der Waals surface area contributed by atoms with Gasteiger partial charge in [0.1, 0.15) is 0 Å². The summed E-state index contributed by atoms with van der Waals surface area (Å²) in [5, 5.41) is 10.1. The maximum atomic E-state index is 11.9. The molecule has 1 aromatic heterocycles. The quantitative estimate of drug-likeness (QED) is 0.798. The first kappa shape index (κ1) is 9.87. The zero-order valence-electron chi connectivity index (χ0n) is 9.33.